The van der Waals surface area contributed by atoms with E-state index in [1.807, 2.05) is 0 Å². The van der Waals surface area contributed by atoms with Gasteiger partial charge < -0.3 is 19.3 Å². The molecule has 0 aliphatic rings. The fraction of sp³-hybridized carbons (Fsp3) is 0.538. The van der Waals surface area contributed by atoms with E-state index in [0.29, 0.717) is 13.2 Å². The number of aliphatic hydroxyl groups is 1. The molecule has 0 atom stereocenters. The molecule has 0 aromatic heterocycles. The quantitative estimate of drug-likeness (QED) is 0.747. The number of alkyl halides is 3. The second-order valence-corrected chi connectivity index (χ2v) is 3.94. The predicted octanol–water partition coefficient (Wildman–Crippen LogP) is 2.24. The van der Waals surface area contributed by atoms with Crippen LogP contribution in [-0.2, 0) is 22.3 Å². The Morgan fingerprint density at radius 2 is 1.80 bits per heavy atom. The Hall–Kier alpha value is -1.31. The molecule has 0 aliphatic carbocycles. The van der Waals surface area contributed by atoms with Gasteiger partial charge in [0.1, 0.15) is 12.4 Å². The Labute approximate surface area is 115 Å². The van der Waals surface area contributed by atoms with E-state index < -0.39 is 18.3 Å². The van der Waals surface area contributed by atoms with Crippen molar-refractivity contribution in [1.29, 1.82) is 0 Å². The highest BCUT2D eigenvalue weighted by atomic mass is 19.4. The standard InChI is InChI=1S/C13H17F3O4/c1-18-4-5-19-6-7-20-12-3-2-10(9-17)8-11(12)13(14,15)16/h2-3,8,17H,4-7,9H2,1H3. The van der Waals surface area contributed by atoms with Crippen molar-refractivity contribution in [2.45, 2.75) is 12.8 Å². The van der Waals surface area contributed by atoms with Crippen molar-refractivity contribution in [2.75, 3.05) is 33.5 Å². The number of aliphatic hydroxyl groups excluding tert-OH is 1. The molecule has 0 bridgehead atoms. The van der Waals surface area contributed by atoms with E-state index in [1.54, 1.807) is 0 Å². The molecule has 4 nitrogen and oxygen atoms in total. The third kappa shape index (κ3) is 5.36. The minimum absolute atomic E-state index is 0.00522. The van der Waals surface area contributed by atoms with Crippen LogP contribution >= 0.6 is 0 Å². The maximum absolute atomic E-state index is 12.8. The number of halogens is 3. The summed E-state index contributed by atoms with van der Waals surface area (Å²) in [5.41, 5.74) is -0.720. The van der Waals surface area contributed by atoms with Crippen LogP contribution in [0.15, 0.2) is 18.2 Å². The van der Waals surface area contributed by atoms with Gasteiger partial charge >= 0.3 is 6.18 Å². The van der Waals surface area contributed by atoms with Crippen molar-refractivity contribution in [3.05, 3.63) is 29.3 Å². The summed E-state index contributed by atoms with van der Waals surface area (Å²) in [6.07, 6.45) is -4.53. The summed E-state index contributed by atoms with van der Waals surface area (Å²) in [6, 6.07) is 3.46. The number of hydrogen-bond acceptors (Lipinski definition) is 4. The monoisotopic (exact) mass is 294 g/mol. The fourth-order valence-corrected chi connectivity index (χ4v) is 1.48. The molecule has 0 saturated heterocycles. The van der Waals surface area contributed by atoms with Crippen LogP contribution in [0.2, 0.25) is 0 Å². The number of ether oxygens (including phenoxy) is 3. The van der Waals surface area contributed by atoms with Gasteiger partial charge in [-0.05, 0) is 17.7 Å². The maximum atomic E-state index is 12.8. The number of rotatable bonds is 8. The fourth-order valence-electron chi connectivity index (χ4n) is 1.48. The molecular formula is C13H17F3O4. The third-order valence-corrected chi connectivity index (χ3v) is 2.45. The van der Waals surface area contributed by atoms with Gasteiger partial charge in [0, 0.05) is 7.11 Å². The highest BCUT2D eigenvalue weighted by Gasteiger charge is 2.34. The molecule has 0 fully saturated rings. The van der Waals surface area contributed by atoms with Crippen LogP contribution in [-0.4, -0.2) is 38.6 Å². The lowest BCUT2D eigenvalue weighted by molar-refractivity contribution is -0.139. The van der Waals surface area contributed by atoms with Crippen molar-refractivity contribution < 1.29 is 32.5 Å². The normalized spacial score (nSPS) is 11.7. The van der Waals surface area contributed by atoms with Crippen molar-refractivity contribution in [3.63, 3.8) is 0 Å². The molecule has 1 N–H and O–H groups in total. The average Bonchev–Trinajstić information content (AvgIpc) is 2.41. The van der Waals surface area contributed by atoms with Crippen molar-refractivity contribution in [3.8, 4) is 5.75 Å². The van der Waals surface area contributed by atoms with Crippen LogP contribution in [0.25, 0.3) is 0 Å². The van der Waals surface area contributed by atoms with Gasteiger partial charge in [0.2, 0.25) is 0 Å². The minimum atomic E-state index is -4.53. The van der Waals surface area contributed by atoms with Crippen LogP contribution in [0.1, 0.15) is 11.1 Å². The maximum Gasteiger partial charge on any atom is 0.419 e. The molecule has 7 heteroatoms. The Morgan fingerprint density at radius 1 is 1.10 bits per heavy atom. The Morgan fingerprint density at radius 3 is 2.40 bits per heavy atom. The summed E-state index contributed by atoms with van der Waals surface area (Å²) >= 11 is 0. The third-order valence-electron chi connectivity index (χ3n) is 2.45. The van der Waals surface area contributed by atoms with E-state index >= 15 is 0 Å². The number of hydrogen-bond donors (Lipinski definition) is 1. The summed E-state index contributed by atoms with van der Waals surface area (Å²) in [5.74, 6) is -0.273. The van der Waals surface area contributed by atoms with Crippen LogP contribution in [0.4, 0.5) is 13.2 Å². The molecule has 20 heavy (non-hydrogen) atoms. The zero-order valence-corrected chi connectivity index (χ0v) is 11.1. The van der Waals surface area contributed by atoms with Gasteiger partial charge in [0.25, 0.3) is 0 Å². The number of methoxy groups -OCH3 is 1. The van der Waals surface area contributed by atoms with Crippen molar-refractivity contribution in [1.82, 2.24) is 0 Å². The lowest BCUT2D eigenvalue weighted by atomic mass is 10.1. The second kappa shape index (κ2) is 8.08. The van der Waals surface area contributed by atoms with Crippen molar-refractivity contribution in [2.24, 2.45) is 0 Å². The average molecular weight is 294 g/mol. The molecule has 0 saturated carbocycles. The van der Waals surface area contributed by atoms with Gasteiger partial charge in [-0.3, -0.25) is 0 Å². The van der Waals surface area contributed by atoms with E-state index in [4.69, 9.17) is 19.3 Å². The van der Waals surface area contributed by atoms with Crippen LogP contribution in [0.5, 0.6) is 5.75 Å². The van der Waals surface area contributed by atoms with E-state index in [-0.39, 0.29) is 24.5 Å². The topological polar surface area (TPSA) is 47.9 Å². The summed E-state index contributed by atoms with van der Waals surface area (Å²) in [6.45, 7) is 0.492. The second-order valence-electron chi connectivity index (χ2n) is 3.94. The highest BCUT2D eigenvalue weighted by Crippen LogP contribution is 2.36. The lowest BCUT2D eigenvalue weighted by Gasteiger charge is -2.15. The first-order chi connectivity index (χ1) is 9.49. The zero-order valence-electron chi connectivity index (χ0n) is 11.1. The first-order valence-electron chi connectivity index (χ1n) is 5.99. The number of benzene rings is 1. The van der Waals surface area contributed by atoms with Gasteiger partial charge in [-0.15, -0.1) is 0 Å². The molecular weight excluding hydrogens is 277 g/mol. The van der Waals surface area contributed by atoms with Crippen LogP contribution in [0.3, 0.4) is 0 Å². The molecule has 0 spiro atoms. The van der Waals surface area contributed by atoms with Crippen LogP contribution in [0, 0.1) is 0 Å². The molecule has 0 unspecified atom stereocenters. The Kier molecular flexibility index (Phi) is 6.77. The minimum Gasteiger partial charge on any atom is -0.491 e. The SMILES string of the molecule is COCCOCCOc1ccc(CO)cc1C(F)(F)F. The molecule has 1 aromatic rings. The van der Waals surface area contributed by atoms with Gasteiger partial charge in [0.15, 0.2) is 0 Å². The smallest absolute Gasteiger partial charge is 0.419 e. The van der Waals surface area contributed by atoms with E-state index in [1.165, 1.54) is 19.2 Å². The lowest BCUT2D eigenvalue weighted by Crippen LogP contribution is -2.13. The van der Waals surface area contributed by atoms with Gasteiger partial charge in [-0.25, -0.2) is 0 Å². The van der Waals surface area contributed by atoms with Crippen molar-refractivity contribution >= 4 is 0 Å². The summed E-state index contributed by atoms with van der Waals surface area (Å²) < 4.78 is 53.4. The molecule has 0 aliphatic heterocycles. The largest absolute Gasteiger partial charge is 0.491 e. The van der Waals surface area contributed by atoms with E-state index in [9.17, 15) is 13.2 Å². The molecule has 114 valence electrons. The summed E-state index contributed by atoms with van der Waals surface area (Å²) in [5, 5.41) is 8.88. The molecule has 0 heterocycles. The highest BCUT2D eigenvalue weighted by molar-refractivity contribution is 5.39. The molecule has 1 rings (SSSR count). The molecule has 0 radical (unpaired) electrons. The van der Waals surface area contributed by atoms with E-state index in [2.05, 4.69) is 0 Å². The van der Waals surface area contributed by atoms with Gasteiger partial charge in [-0.2, -0.15) is 13.2 Å². The van der Waals surface area contributed by atoms with Gasteiger partial charge in [0.05, 0.1) is 32.0 Å². The first-order valence-corrected chi connectivity index (χ1v) is 5.99. The van der Waals surface area contributed by atoms with E-state index in [0.717, 1.165) is 6.07 Å². The zero-order chi connectivity index (χ0) is 15.0. The summed E-state index contributed by atoms with van der Waals surface area (Å²) in [7, 11) is 1.53. The van der Waals surface area contributed by atoms with Gasteiger partial charge in [-0.1, -0.05) is 6.07 Å². The molecule has 0 amide bonds. The summed E-state index contributed by atoms with van der Waals surface area (Å²) in [4.78, 5) is 0. The molecule has 1 aromatic carbocycles. The van der Waals surface area contributed by atoms with Crippen LogP contribution < -0.4 is 4.74 Å². The Balaban J connectivity index is 2.60. The predicted molar refractivity (Wildman–Crippen MR) is 65.6 cm³/mol. The first kappa shape index (κ1) is 16.7. The Bertz CT molecular complexity index is 407.